The van der Waals surface area contributed by atoms with Crippen LogP contribution in [0.3, 0.4) is 0 Å². The molecule has 0 saturated carbocycles. The van der Waals surface area contributed by atoms with Gasteiger partial charge >= 0.3 is 0 Å². The summed E-state index contributed by atoms with van der Waals surface area (Å²) in [6.45, 7) is 6.54. The van der Waals surface area contributed by atoms with Crippen LogP contribution in [0.1, 0.15) is 37.0 Å². The van der Waals surface area contributed by atoms with Crippen LogP contribution in [0, 0.1) is 6.92 Å². The summed E-state index contributed by atoms with van der Waals surface area (Å²) in [5.41, 5.74) is 1.96. The highest BCUT2D eigenvalue weighted by Gasteiger charge is 2.06. The van der Waals surface area contributed by atoms with E-state index in [-0.39, 0.29) is 0 Å². The molecule has 7 nitrogen and oxygen atoms in total. The van der Waals surface area contributed by atoms with E-state index in [0.717, 1.165) is 24.2 Å². The molecule has 2 rings (SSSR count). The Kier molecular flexibility index (Phi) is 4.38. The van der Waals surface area contributed by atoms with Gasteiger partial charge in [0.05, 0.1) is 11.4 Å². The number of aromatic nitrogens is 5. The van der Waals surface area contributed by atoms with Crippen LogP contribution in [0.5, 0.6) is 0 Å². The first-order chi connectivity index (χ1) is 9.22. The molecule has 0 atom stereocenters. The second kappa shape index (κ2) is 6.21. The average Bonchev–Trinajstić information content (AvgIpc) is 2.84. The van der Waals surface area contributed by atoms with E-state index in [0.29, 0.717) is 30.6 Å². The van der Waals surface area contributed by atoms with E-state index in [1.54, 1.807) is 6.92 Å². The summed E-state index contributed by atoms with van der Waals surface area (Å²) in [4.78, 5) is 8.58. The van der Waals surface area contributed by atoms with Gasteiger partial charge in [0.15, 0.2) is 5.82 Å². The minimum atomic E-state index is 0.550. The minimum absolute atomic E-state index is 0.550. The van der Waals surface area contributed by atoms with Crippen molar-refractivity contribution >= 4 is 5.95 Å². The zero-order valence-corrected chi connectivity index (χ0v) is 11.5. The zero-order chi connectivity index (χ0) is 13.7. The lowest BCUT2D eigenvalue weighted by Gasteiger charge is -2.06. The van der Waals surface area contributed by atoms with Gasteiger partial charge in [0.2, 0.25) is 11.8 Å². The van der Waals surface area contributed by atoms with Gasteiger partial charge in [-0.1, -0.05) is 19.0 Å². The molecule has 0 amide bonds. The maximum atomic E-state index is 4.90. The molecule has 0 bridgehead atoms. The third kappa shape index (κ3) is 3.46. The van der Waals surface area contributed by atoms with Crippen LogP contribution in [0.2, 0.25) is 0 Å². The van der Waals surface area contributed by atoms with Gasteiger partial charge in [-0.2, -0.15) is 10.1 Å². The Labute approximate surface area is 111 Å². The summed E-state index contributed by atoms with van der Waals surface area (Å²) in [5.74, 6) is 1.81. The van der Waals surface area contributed by atoms with Crippen molar-refractivity contribution in [2.45, 2.75) is 40.0 Å². The van der Waals surface area contributed by atoms with Crippen molar-refractivity contribution in [2.75, 3.05) is 11.9 Å². The summed E-state index contributed by atoms with van der Waals surface area (Å²) in [5, 5.41) is 15.2. The highest BCUT2D eigenvalue weighted by Crippen LogP contribution is 2.06. The van der Waals surface area contributed by atoms with E-state index in [2.05, 4.69) is 44.5 Å². The van der Waals surface area contributed by atoms with E-state index in [1.165, 1.54) is 0 Å². The third-order valence-corrected chi connectivity index (χ3v) is 2.71. The molecule has 0 aliphatic rings. The Morgan fingerprint density at radius 1 is 1.05 bits per heavy atom. The van der Waals surface area contributed by atoms with Gasteiger partial charge in [0.25, 0.3) is 0 Å². The predicted molar refractivity (Wildman–Crippen MR) is 69.8 cm³/mol. The Hall–Kier alpha value is -2.05. The van der Waals surface area contributed by atoms with Crippen molar-refractivity contribution in [2.24, 2.45) is 0 Å². The van der Waals surface area contributed by atoms with Gasteiger partial charge in [0, 0.05) is 19.9 Å². The Balaban J connectivity index is 1.92. The summed E-state index contributed by atoms with van der Waals surface area (Å²) in [7, 11) is 0. The van der Waals surface area contributed by atoms with Crippen LogP contribution in [-0.2, 0) is 19.3 Å². The second-order valence-corrected chi connectivity index (χ2v) is 4.14. The van der Waals surface area contributed by atoms with Crippen molar-refractivity contribution in [1.29, 1.82) is 0 Å². The summed E-state index contributed by atoms with van der Waals surface area (Å²) in [6.07, 6.45) is 2.38. The van der Waals surface area contributed by atoms with Crippen molar-refractivity contribution in [3.8, 4) is 0 Å². The summed E-state index contributed by atoms with van der Waals surface area (Å²) >= 11 is 0. The highest BCUT2D eigenvalue weighted by atomic mass is 16.5. The number of hydrogen-bond donors (Lipinski definition) is 1. The van der Waals surface area contributed by atoms with Crippen molar-refractivity contribution in [3.63, 3.8) is 0 Å². The molecule has 0 saturated heterocycles. The molecule has 2 aromatic rings. The number of nitrogens with one attached hydrogen (secondary N) is 1. The minimum Gasteiger partial charge on any atom is -0.352 e. The van der Waals surface area contributed by atoms with E-state index in [9.17, 15) is 0 Å². The molecule has 0 radical (unpaired) electrons. The van der Waals surface area contributed by atoms with E-state index in [1.807, 2.05) is 0 Å². The summed E-state index contributed by atoms with van der Waals surface area (Å²) < 4.78 is 4.90. The Morgan fingerprint density at radius 3 is 2.47 bits per heavy atom. The molecule has 102 valence electrons. The SMILES string of the molecule is CCc1nnc(NCCc2noc(C)n2)nc1CC. The first-order valence-corrected chi connectivity index (χ1v) is 6.48. The monoisotopic (exact) mass is 262 g/mol. The molecule has 7 heteroatoms. The molecule has 0 fully saturated rings. The standard InChI is InChI=1S/C12H18N6O/c1-4-9-10(5-2)16-17-12(15-9)13-7-6-11-14-8(3)19-18-11/h4-7H2,1-3H3,(H,13,15,17). The fourth-order valence-corrected chi connectivity index (χ4v) is 1.74. The Morgan fingerprint density at radius 2 is 1.84 bits per heavy atom. The molecule has 0 spiro atoms. The number of hydrogen-bond acceptors (Lipinski definition) is 7. The molecular weight excluding hydrogens is 244 g/mol. The normalized spacial score (nSPS) is 10.7. The van der Waals surface area contributed by atoms with Gasteiger partial charge in [-0.3, -0.25) is 0 Å². The fraction of sp³-hybridized carbons (Fsp3) is 0.583. The van der Waals surface area contributed by atoms with Crippen LogP contribution in [-0.4, -0.2) is 31.9 Å². The lowest BCUT2D eigenvalue weighted by atomic mass is 10.2. The van der Waals surface area contributed by atoms with Crippen molar-refractivity contribution in [3.05, 3.63) is 23.1 Å². The topological polar surface area (TPSA) is 89.6 Å². The number of nitrogens with zero attached hydrogens (tertiary/aromatic N) is 5. The van der Waals surface area contributed by atoms with Crippen molar-refractivity contribution in [1.82, 2.24) is 25.3 Å². The Bertz CT molecular complexity index is 539. The smallest absolute Gasteiger partial charge is 0.242 e. The molecule has 19 heavy (non-hydrogen) atoms. The van der Waals surface area contributed by atoms with Gasteiger partial charge in [-0.25, -0.2) is 4.98 Å². The molecule has 0 aliphatic heterocycles. The van der Waals surface area contributed by atoms with Crippen LogP contribution >= 0.6 is 0 Å². The van der Waals surface area contributed by atoms with Gasteiger partial charge in [-0.15, -0.1) is 5.10 Å². The van der Waals surface area contributed by atoms with Gasteiger partial charge in [-0.05, 0) is 12.8 Å². The van der Waals surface area contributed by atoms with Crippen LogP contribution in [0.15, 0.2) is 4.52 Å². The van der Waals surface area contributed by atoms with Crippen LogP contribution in [0.25, 0.3) is 0 Å². The van der Waals surface area contributed by atoms with E-state index in [4.69, 9.17) is 4.52 Å². The van der Waals surface area contributed by atoms with Gasteiger partial charge in [0.1, 0.15) is 0 Å². The molecule has 0 aromatic carbocycles. The first-order valence-electron chi connectivity index (χ1n) is 6.48. The molecule has 0 unspecified atom stereocenters. The fourth-order valence-electron chi connectivity index (χ4n) is 1.74. The van der Waals surface area contributed by atoms with Crippen molar-refractivity contribution < 1.29 is 4.52 Å². The number of anilines is 1. The lowest BCUT2D eigenvalue weighted by Crippen LogP contribution is -2.12. The maximum absolute atomic E-state index is 4.90. The van der Waals surface area contributed by atoms with Crippen LogP contribution < -0.4 is 5.32 Å². The predicted octanol–water partition coefficient (Wildman–Crippen LogP) is 1.34. The van der Waals surface area contributed by atoms with Gasteiger partial charge < -0.3 is 9.84 Å². The lowest BCUT2D eigenvalue weighted by molar-refractivity contribution is 0.387. The quantitative estimate of drug-likeness (QED) is 0.840. The average molecular weight is 262 g/mol. The molecular formula is C12H18N6O. The summed E-state index contributed by atoms with van der Waals surface area (Å²) in [6, 6.07) is 0. The van der Waals surface area contributed by atoms with Crippen LogP contribution in [0.4, 0.5) is 5.95 Å². The highest BCUT2D eigenvalue weighted by molar-refractivity contribution is 5.25. The first kappa shape index (κ1) is 13.4. The third-order valence-electron chi connectivity index (χ3n) is 2.71. The van der Waals surface area contributed by atoms with E-state index >= 15 is 0 Å². The molecule has 0 aliphatic carbocycles. The number of rotatable bonds is 6. The second-order valence-electron chi connectivity index (χ2n) is 4.14. The maximum Gasteiger partial charge on any atom is 0.242 e. The van der Waals surface area contributed by atoms with E-state index < -0.39 is 0 Å². The zero-order valence-electron chi connectivity index (χ0n) is 11.5. The number of aryl methyl sites for hydroxylation is 3. The largest absolute Gasteiger partial charge is 0.352 e. The molecule has 1 N–H and O–H groups in total. The molecule has 2 heterocycles. The molecule has 2 aromatic heterocycles.